The summed E-state index contributed by atoms with van der Waals surface area (Å²) < 4.78 is 14.9. The van der Waals surface area contributed by atoms with Gasteiger partial charge in [-0.1, -0.05) is 19.1 Å². The Balaban J connectivity index is 2.32. The molecule has 1 aromatic heterocycles. The fraction of sp³-hybridized carbons (Fsp3) is 0.214. The van der Waals surface area contributed by atoms with Gasteiger partial charge in [0.15, 0.2) is 0 Å². The maximum absolute atomic E-state index is 13.1. The highest BCUT2D eigenvalue weighted by atomic mass is 19.1. The van der Waals surface area contributed by atoms with Crippen molar-refractivity contribution in [1.29, 1.82) is 0 Å². The summed E-state index contributed by atoms with van der Waals surface area (Å²) in [5, 5.41) is 9.05. The summed E-state index contributed by atoms with van der Waals surface area (Å²) in [5.41, 5.74) is 1.89. The van der Waals surface area contributed by atoms with Gasteiger partial charge in [-0.25, -0.2) is 9.18 Å². The number of hydrogen-bond acceptors (Lipinski definition) is 1. The summed E-state index contributed by atoms with van der Waals surface area (Å²) in [6.45, 7) is 2.39. The summed E-state index contributed by atoms with van der Waals surface area (Å²) in [5.74, 6) is -1.21. The quantitative estimate of drug-likeness (QED) is 0.902. The predicted molar refractivity (Wildman–Crippen MR) is 66.3 cm³/mol. The van der Waals surface area contributed by atoms with Gasteiger partial charge < -0.3 is 9.67 Å². The lowest BCUT2D eigenvalue weighted by Gasteiger charge is -2.09. The second-order valence-electron chi connectivity index (χ2n) is 4.09. The Morgan fingerprint density at radius 1 is 1.39 bits per heavy atom. The Morgan fingerprint density at radius 3 is 2.78 bits per heavy atom. The van der Waals surface area contributed by atoms with E-state index in [0.717, 1.165) is 11.3 Å². The first-order valence-corrected chi connectivity index (χ1v) is 5.77. The molecule has 0 radical (unpaired) electrons. The van der Waals surface area contributed by atoms with Crippen molar-refractivity contribution in [3.63, 3.8) is 0 Å². The first kappa shape index (κ1) is 12.4. The van der Waals surface area contributed by atoms with Gasteiger partial charge in [0.2, 0.25) is 0 Å². The molecule has 0 fully saturated rings. The third-order valence-corrected chi connectivity index (χ3v) is 2.89. The highest BCUT2D eigenvalue weighted by Crippen LogP contribution is 2.15. The van der Waals surface area contributed by atoms with E-state index in [1.807, 2.05) is 17.6 Å². The molecule has 0 unspecified atom stereocenters. The maximum atomic E-state index is 13.1. The van der Waals surface area contributed by atoms with Crippen molar-refractivity contribution in [2.24, 2.45) is 0 Å². The minimum Gasteiger partial charge on any atom is -0.478 e. The zero-order valence-corrected chi connectivity index (χ0v) is 10.1. The molecule has 0 bridgehead atoms. The average molecular weight is 247 g/mol. The SMILES string of the molecule is CCc1c(C(=O)O)ccn1Cc1cccc(F)c1. The van der Waals surface area contributed by atoms with Gasteiger partial charge in [0.25, 0.3) is 0 Å². The minimum absolute atomic E-state index is 0.281. The van der Waals surface area contributed by atoms with Gasteiger partial charge in [-0.05, 0) is 30.2 Å². The van der Waals surface area contributed by atoms with Crippen molar-refractivity contribution in [1.82, 2.24) is 4.57 Å². The normalized spacial score (nSPS) is 10.6. The fourth-order valence-corrected chi connectivity index (χ4v) is 2.07. The van der Waals surface area contributed by atoms with E-state index in [0.29, 0.717) is 18.5 Å². The molecule has 3 nitrogen and oxygen atoms in total. The van der Waals surface area contributed by atoms with Crippen molar-refractivity contribution in [3.05, 3.63) is 59.2 Å². The molecule has 2 rings (SSSR count). The van der Waals surface area contributed by atoms with E-state index in [1.165, 1.54) is 12.1 Å². The lowest BCUT2D eigenvalue weighted by Crippen LogP contribution is -2.07. The van der Waals surface area contributed by atoms with Crippen LogP contribution < -0.4 is 0 Å². The zero-order chi connectivity index (χ0) is 13.1. The number of nitrogens with zero attached hydrogens (tertiary/aromatic N) is 1. The van der Waals surface area contributed by atoms with Crippen LogP contribution in [0.25, 0.3) is 0 Å². The van der Waals surface area contributed by atoms with Crippen LogP contribution in [0.15, 0.2) is 36.5 Å². The van der Waals surface area contributed by atoms with E-state index in [1.54, 1.807) is 18.3 Å². The zero-order valence-electron chi connectivity index (χ0n) is 10.1. The van der Waals surface area contributed by atoms with Crippen molar-refractivity contribution in [2.75, 3.05) is 0 Å². The molecule has 1 heterocycles. The maximum Gasteiger partial charge on any atom is 0.337 e. The van der Waals surface area contributed by atoms with E-state index in [4.69, 9.17) is 5.11 Å². The summed E-state index contributed by atoms with van der Waals surface area (Å²) in [7, 11) is 0. The van der Waals surface area contributed by atoms with E-state index in [9.17, 15) is 9.18 Å². The summed E-state index contributed by atoms with van der Waals surface area (Å²) in [6, 6.07) is 7.91. The molecule has 0 atom stereocenters. The summed E-state index contributed by atoms with van der Waals surface area (Å²) in [4.78, 5) is 11.0. The number of aromatic carboxylic acids is 1. The Bertz CT molecular complexity index is 575. The minimum atomic E-state index is -0.926. The summed E-state index contributed by atoms with van der Waals surface area (Å²) in [6.07, 6.45) is 2.36. The number of benzene rings is 1. The summed E-state index contributed by atoms with van der Waals surface area (Å²) >= 11 is 0. The van der Waals surface area contributed by atoms with Gasteiger partial charge in [-0.15, -0.1) is 0 Å². The largest absolute Gasteiger partial charge is 0.478 e. The lowest BCUT2D eigenvalue weighted by atomic mass is 10.2. The first-order valence-electron chi connectivity index (χ1n) is 5.77. The fourth-order valence-electron chi connectivity index (χ4n) is 2.07. The van der Waals surface area contributed by atoms with Gasteiger partial charge in [0.05, 0.1) is 5.56 Å². The third-order valence-electron chi connectivity index (χ3n) is 2.89. The Morgan fingerprint density at radius 2 is 2.17 bits per heavy atom. The van der Waals surface area contributed by atoms with Gasteiger partial charge in [-0.2, -0.15) is 0 Å². The van der Waals surface area contributed by atoms with Crippen LogP contribution in [0.3, 0.4) is 0 Å². The number of carboxylic acid groups (broad SMARTS) is 1. The van der Waals surface area contributed by atoms with E-state index >= 15 is 0 Å². The smallest absolute Gasteiger partial charge is 0.337 e. The molecule has 0 saturated carbocycles. The standard InChI is InChI=1S/C14H14FNO2/c1-2-13-12(14(17)18)6-7-16(13)9-10-4-3-5-11(15)8-10/h3-8H,2,9H2,1H3,(H,17,18). The van der Waals surface area contributed by atoms with E-state index < -0.39 is 5.97 Å². The number of carboxylic acids is 1. The number of aromatic nitrogens is 1. The van der Waals surface area contributed by atoms with Crippen LogP contribution in [-0.4, -0.2) is 15.6 Å². The molecule has 18 heavy (non-hydrogen) atoms. The monoisotopic (exact) mass is 247 g/mol. The van der Waals surface area contributed by atoms with Gasteiger partial charge in [0, 0.05) is 18.4 Å². The number of halogens is 1. The Kier molecular flexibility index (Phi) is 3.46. The lowest BCUT2D eigenvalue weighted by molar-refractivity contribution is 0.0695. The molecular formula is C14H14FNO2. The van der Waals surface area contributed by atoms with Crippen LogP contribution in [0.5, 0.6) is 0 Å². The first-order chi connectivity index (χ1) is 8.61. The Labute approximate surface area is 104 Å². The highest BCUT2D eigenvalue weighted by molar-refractivity contribution is 5.89. The van der Waals surface area contributed by atoms with Crippen LogP contribution in [0.4, 0.5) is 4.39 Å². The predicted octanol–water partition coefficient (Wildman–Crippen LogP) is 2.94. The second kappa shape index (κ2) is 5.04. The van der Waals surface area contributed by atoms with Crippen LogP contribution in [0.1, 0.15) is 28.5 Å². The molecule has 94 valence electrons. The molecular weight excluding hydrogens is 233 g/mol. The molecule has 0 saturated heterocycles. The van der Waals surface area contributed by atoms with Crippen LogP contribution in [-0.2, 0) is 13.0 Å². The molecule has 2 aromatic rings. The van der Waals surface area contributed by atoms with E-state index in [2.05, 4.69) is 0 Å². The van der Waals surface area contributed by atoms with Crippen molar-refractivity contribution < 1.29 is 14.3 Å². The van der Waals surface area contributed by atoms with Crippen molar-refractivity contribution in [2.45, 2.75) is 19.9 Å². The second-order valence-corrected chi connectivity index (χ2v) is 4.09. The van der Waals surface area contributed by atoms with Crippen molar-refractivity contribution in [3.8, 4) is 0 Å². The molecule has 0 aliphatic heterocycles. The van der Waals surface area contributed by atoms with Crippen molar-refractivity contribution >= 4 is 5.97 Å². The number of hydrogen-bond donors (Lipinski definition) is 1. The molecule has 0 spiro atoms. The third kappa shape index (κ3) is 2.42. The average Bonchev–Trinajstić information content (AvgIpc) is 2.72. The van der Waals surface area contributed by atoms with Crippen LogP contribution in [0.2, 0.25) is 0 Å². The highest BCUT2D eigenvalue weighted by Gasteiger charge is 2.13. The number of rotatable bonds is 4. The van der Waals surface area contributed by atoms with Crippen LogP contribution >= 0.6 is 0 Å². The topological polar surface area (TPSA) is 42.2 Å². The Hall–Kier alpha value is -2.10. The van der Waals surface area contributed by atoms with Gasteiger partial charge >= 0.3 is 5.97 Å². The van der Waals surface area contributed by atoms with Gasteiger partial charge in [-0.3, -0.25) is 0 Å². The molecule has 4 heteroatoms. The van der Waals surface area contributed by atoms with E-state index in [-0.39, 0.29) is 5.82 Å². The molecule has 0 aliphatic rings. The molecule has 0 aliphatic carbocycles. The molecule has 1 aromatic carbocycles. The van der Waals surface area contributed by atoms with Gasteiger partial charge in [0.1, 0.15) is 5.82 Å². The molecule has 1 N–H and O–H groups in total. The molecule has 0 amide bonds. The number of carbonyl (C=O) groups is 1. The van der Waals surface area contributed by atoms with Crippen LogP contribution in [0, 0.1) is 5.82 Å².